The predicted molar refractivity (Wildman–Crippen MR) is 200 cm³/mol. The lowest BCUT2D eigenvalue weighted by molar-refractivity contribution is 1.29. The zero-order valence-electron chi connectivity index (χ0n) is 25.1. The molecular weight excluding hydrogens is 575 g/mol. The zero-order valence-corrected chi connectivity index (χ0v) is 25.9. The number of para-hydroxylation sites is 1. The second-order valence-corrected chi connectivity index (χ2v) is 12.9. The molecule has 0 aliphatic carbocycles. The van der Waals surface area contributed by atoms with Crippen molar-refractivity contribution in [3.05, 3.63) is 176 Å². The largest absolute Gasteiger partial charge is 0.310 e. The van der Waals surface area contributed by atoms with Crippen LogP contribution in [-0.2, 0) is 0 Å². The van der Waals surface area contributed by atoms with Gasteiger partial charge in [-0.25, -0.2) is 0 Å². The summed E-state index contributed by atoms with van der Waals surface area (Å²) in [6.07, 6.45) is 0. The molecule has 0 spiro atoms. The van der Waals surface area contributed by atoms with Crippen LogP contribution in [0.5, 0.6) is 0 Å². The van der Waals surface area contributed by atoms with Crippen LogP contribution in [-0.4, -0.2) is 0 Å². The van der Waals surface area contributed by atoms with E-state index in [9.17, 15) is 0 Å². The number of hydrogen-bond acceptors (Lipinski definition) is 2. The van der Waals surface area contributed by atoms with Crippen LogP contribution in [0, 0.1) is 0 Å². The van der Waals surface area contributed by atoms with E-state index in [0.717, 1.165) is 17.1 Å². The molecule has 9 aromatic rings. The highest BCUT2D eigenvalue weighted by atomic mass is 32.1. The molecule has 46 heavy (non-hydrogen) atoms. The van der Waals surface area contributed by atoms with Crippen LogP contribution >= 0.6 is 11.3 Å². The average molecular weight is 604 g/mol. The van der Waals surface area contributed by atoms with Gasteiger partial charge in [-0.15, -0.1) is 11.3 Å². The molecule has 0 saturated heterocycles. The Hall–Kier alpha value is -5.70. The van der Waals surface area contributed by atoms with Gasteiger partial charge in [0.25, 0.3) is 0 Å². The molecule has 1 nitrogen and oxygen atoms in total. The molecule has 0 N–H and O–H groups in total. The van der Waals surface area contributed by atoms with Crippen molar-refractivity contribution < 1.29 is 0 Å². The number of thiophene rings is 1. The van der Waals surface area contributed by atoms with Crippen LogP contribution in [0.2, 0.25) is 0 Å². The van der Waals surface area contributed by atoms with Crippen LogP contribution in [0.25, 0.3) is 64.0 Å². The van der Waals surface area contributed by atoms with Crippen molar-refractivity contribution in [3.63, 3.8) is 0 Å². The first-order chi connectivity index (χ1) is 22.8. The zero-order chi connectivity index (χ0) is 30.5. The summed E-state index contributed by atoms with van der Waals surface area (Å²) in [7, 11) is 0. The van der Waals surface area contributed by atoms with Gasteiger partial charge in [-0.2, -0.15) is 0 Å². The minimum Gasteiger partial charge on any atom is -0.310 e. The van der Waals surface area contributed by atoms with Crippen LogP contribution < -0.4 is 4.90 Å². The maximum absolute atomic E-state index is 2.42. The maximum atomic E-state index is 2.42. The lowest BCUT2D eigenvalue weighted by atomic mass is 9.98. The Morgan fingerprint density at radius 1 is 0.348 bits per heavy atom. The van der Waals surface area contributed by atoms with Crippen LogP contribution in [0.3, 0.4) is 0 Å². The van der Waals surface area contributed by atoms with Crippen molar-refractivity contribution >= 4 is 70.1 Å². The normalized spacial score (nSPS) is 11.5. The molecule has 0 radical (unpaired) electrons. The van der Waals surface area contributed by atoms with Crippen molar-refractivity contribution in [2.24, 2.45) is 0 Å². The van der Waals surface area contributed by atoms with E-state index in [1.807, 2.05) is 11.3 Å². The van der Waals surface area contributed by atoms with Gasteiger partial charge < -0.3 is 4.90 Å². The third-order valence-corrected chi connectivity index (χ3v) is 10.2. The summed E-state index contributed by atoms with van der Waals surface area (Å²) >= 11 is 1.86. The van der Waals surface area contributed by atoms with E-state index in [1.54, 1.807) is 0 Å². The molecule has 0 aliphatic rings. The molecule has 1 heterocycles. The fraction of sp³-hybridized carbons (Fsp3) is 0. The molecule has 0 saturated carbocycles. The Labute approximate surface area is 272 Å². The van der Waals surface area contributed by atoms with Crippen LogP contribution in [0.1, 0.15) is 0 Å². The lowest BCUT2D eigenvalue weighted by Gasteiger charge is -2.28. The topological polar surface area (TPSA) is 3.24 Å². The molecule has 8 aromatic carbocycles. The predicted octanol–water partition coefficient (Wildman–Crippen LogP) is 13.2. The van der Waals surface area contributed by atoms with Gasteiger partial charge in [-0.1, -0.05) is 121 Å². The second-order valence-electron chi connectivity index (χ2n) is 11.8. The Bertz CT molecular complexity index is 2560. The smallest absolute Gasteiger partial charge is 0.0540 e. The molecule has 0 aliphatic heterocycles. The van der Waals surface area contributed by atoms with E-state index in [1.165, 1.54) is 64.0 Å². The molecule has 0 unspecified atom stereocenters. The van der Waals surface area contributed by atoms with Crippen molar-refractivity contribution in [3.8, 4) is 22.3 Å². The highest BCUT2D eigenvalue weighted by Crippen LogP contribution is 2.43. The molecule has 1 aromatic heterocycles. The fourth-order valence-corrected chi connectivity index (χ4v) is 7.83. The third-order valence-electron chi connectivity index (χ3n) is 9.01. The van der Waals surface area contributed by atoms with Gasteiger partial charge in [0, 0.05) is 37.1 Å². The van der Waals surface area contributed by atoms with Crippen molar-refractivity contribution in [1.29, 1.82) is 0 Å². The second kappa shape index (κ2) is 11.0. The third kappa shape index (κ3) is 4.63. The fourth-order valence-electron chi connectivity index (χ4n) is 6.74. The summed E-state index contributed by atoms with van der Waals surface area (Å²) in [6.45, 7) is 0. The molecule has 0 fully saturated rings. The van der Waals surface area contributed by atoms with Gasteiger partial charge in [-0.05, 0) is 92.8 Å². The molecule has 0 amide bonds. The van der Waals surface area contributed by atoms with Gasteiger partial charge in [0.1, 0.15) is 0 Å². The van der Waals surface area contributed by atoms with E-state index < -0.39 is 0 Å². The molecule has 9 rings (SSSR count). The Morgan fingerprint density at radius 3 is 1.85 bits per heavy atom. The standard InChI is InChI=1S/C44H29NS/c1-3-12-32-26-36(21-20-30(32)10-1)39-16-5-7-18-42(39)45(38-24-22-31-11-2-4-13-33(31)27-38)37-15-9-14-34(28-37)35-23-25-44-41(29-35)40-17-6-8-19-43(40)46-44/h1-29H. The summed E-state index contributed by atoms with van der Waals surface area (Å²) in [5, 5.41) is 7.58. The van der Waals surface area contributed by atoms with Crippen molar-refractivity contribution in [2.75, 3.05) is 4.90 Å². The molecule has 216 valence electrons. The van der Waals surface area contributed by atoms with Crippen LogP contribution in [0.15, 0.2) is 176 Å². The highest BCUT2D eigenvalue weighted by Gasteiger charge is 2.18. The first-order valence-corrected chi connectivity index (χ1v) is 16.5. The number of hydrogen-bond donors (Lipinski definition) is 0. The van der Waals surface area contributed by atoms with Crippen molar-refractivity contribution in [2.45, 2.75) is 0 Å². The van der Waals surface area contributed by atoms with E-state index in [2.05, 4.69) is 181 Å². The lowest BCUT2D eigenvalue weighted by Crippen LogP contribution is -2.11. The molecule has 0 bridgehead atoms. The minimum absolute atomic E-state index is 1.12. The average Bonchev–Trinajstić information content (AvgIpc) is 3.50. The number of rotatable bonds is 5. The van der Waals surface area contributed by atoms with Crippen molar-refractivity contribution in [1.82, 2.24) is 0 Å². The first-order valence-electron chi connectivity index (χ1n) is 15.7. The maximum Gasteiger partial charge on any atom is 0.0540 e. The van der Waals surface area contributed by atoms with E-state index in [-0.39, 0.29) is 0 Å². The summed E-state index contributed by atoms with van der Waals surface area (Å²) in [6, 6.07) is 64.1. The first kappa shape index (κ1) is 26.7. The molecule has 2 heteroatoms. The number of anilines is 3. The number of benzene rings is 8. The van der Waals surface area contributed by atoms with E-state index in [0.29, 0.717) is 0 Å². The quantitative estimate of drug-likeness (QED) is 0.189. The summed E-state index contributed by atoms with van der Waals surface area (Å²) in [4.78, 5) is 2.42. The minimum atomic E-state index is 1.12. The van der Waals surface area contributed by atoms with E-state index >= 15 is 0 Å². The van der Waals surface area contributed by atoms with Gasteiger partial charge in [0.2, 0.25) is 0 Å². The number of fused-ring (bicyclic) bond motifs is 5. The summed E-state index contributed by atoms with van der Waals surface area (Å²) in [5.74, 6) is 0. The molecular formula is C44H29NS. The Balaban J connectivity index is 1.24. The van der Waals surface area contributed by atoms with Gasteiger partial charge >= 0.3 is 0 Å². The Kier molecular flexibility index (Phi) is 6.40. The van der Waals surface area contributed by atoms with E-state index in [4.69, 9.17) is 0 Å². The summed E-state index contributed by atoms with van der Waals surface area (Å²) < 4.78 is 2.65. The molecule has 0 atom stereocenters. The van der Waals surface area contributed by atoms with Gasteiger partial charge in [-0.3, -0.25) is 0 Å². The SMILES string of the molecule is c1cc(-c2ccc3sc4ccccc4c3c2)cc(N(c2ccc3ccccc3c2)c2ccccc2-c2ccc3ccccc3c2)c1. The van der Waals surface area contributed by atoms with Gasteiger partial charge in [0.05, 0.1) is 5.69 Å². The monoisotopic (exact) mass is 603 g/mol. The number of nitrogens with zero attached hydrogens (tertiary/aromatic N) is 1. The Morgan fingerprint density at radius 2 is 0.978 bits per heavy atom. The van der Waals surface area contributed by atoms with Gasteiger partial charge in [0.15, 0.2) is 0 Å². The highest BCUT2D eigenvalue weighted by molar-refractivity contribution is 7.25. The van der Waals surface area contributed by atoms with Crippen LogP contribution in [0.4, 0.5) is 17.1 Å². The summed E-state index contributed by atoms with van der Waals surface area (Å²) in [5.41, 5.74) is 8.20.